The van der Waals surface area contributed by atoms with Gasteiger partial charge < -0.3 is 0 Å². The molecule has 0 saturated heterocycles. The minimum atomic E-state index is 0.484. The lowest BCUT2D eigenvalue weighted by Gasteiger charge is -2.57. The summed E-state index contributed by atoms with van der Waals surface area (Å²) in [6.45, 7) is 18.3. The molecule has 0 amide bonds. The predicted octanol–water partition coefficient (Wildman–Crippen LogP) is 10.6. The average molecular weight is 479 g/mol. The van der Waals surface area contributed by atoms with Crippen molar-refractivity contribution in [2.75, 3.05) is 0 Å². The third-order valence-corrected chi connectivity index (χ3v) is 11.0. The number of hydrogen-bond donors (Lipinski definition) is 0. The van der Waals surface area contributed by atoms with E-state index in [1.807, 2.05) is 0 Å². The molecule has 0 aromatic heterocycles. The first-order valence-electron chi connectivity index (χ1n) is 13.8. The largest absolute Gasteiger partial charge is 0.111 e. The van der Waals surface area contributed by atoms with Gasteiger partial charge in [-0.3, -0.25) is 0 Å². The topological polar surface area (TPSA) is 0 Å². The summed E-state index contributed by atoms with van der Waals surface area (Å²) < 4.78 is 0.771. The molecule has 3 fully saturated rings. The van der Waals surface area contributed by atoms with Gasteiger partial charge in [0.1, 0.15) is 0 Å². The number of fused-ring (bicyclic) bond motifs is 5. The van der Waals surface area contributed by atoms with Crippen LogP contribution in [-0.2, 0) is 0 Å². The van der Waals surface area contributed by atoms with Crippen LogP contribution in [-0.4, -0.2) is 5.25 Å². The summed E-state index contributed by atoms with van der Waals surface area (Å²) in [4.78, 5) is 0. The van der Waals surface area contributed by atoms with Gasteiger partial charge in [0.15, 0.2) is 0 Å². The Labute approximate surface area is 209 Å². The molecular formula is C30H51ClS. The molecule has 0 aliphatic heterocycles. The van der Waals surface area contributed by atoms with Crippen LogP contribution in [0.25, 0.3) is 0 Å². The first-order valence-corrected chi connectivity index (χ1v) is 15.0. The molecule has 6 atom stereocenters. The normalized spacial score (nSPS) is 38.3. The van der Waals surface area contributed by atoms with Gasteiger partial charge in [-0.15, -0.1) is 11.8 Å². The molecule has 0 nitrogen and oxygen atoms in total. The van der Waals surface area contributed by atoms with Crippen molar-refractivity contribution in [2.45, 2.75) is 124 Å². The standard InChI is InChI=1S/C21H31ClS.C9H20/c1-14(22)23-16-8-12-21(3)15(13-16)6-7-17-18-5-4-10-20(18,2)11-9-19(17)21;1-8(2)6-5-7-9(3)4/h6,16-19H,1,4-5,7-13H2,2-3H3;8-9H,5-7H2,1-4H3. The van der Waals surface area contributed by atoms with Gasteiger partial charge in [-0.25, -0.2) is 0 Å². The highest BCUT2D eigenvalue weighted by Crippen LogP contribution is 2.65. The number of allylic oxidation sites excluding steroid dienone is 2. The van der Waals surface area contributed by atoms with Crippen molar-refractivity contribution in [3.05, 3.63) is 22.6 Å². The van der Waals surface area contributed by atoms with Crippen LogP contribution in [0.2, 0.25) is 0 Å². The molecule has 4 aliphatic rings. The Morgan fingerprint density at radius 1 is 1.03 bits per heavy atom. The highest BCUT2D eigenvalue weighted by Gasteiger charge is 2.55. The highest BCUT2D eigenvalue weighted by molar-refractivity contribution is 8.05. The highest BCUT2D eigenvalue weighted by atomic mass is 35.5. The molecule has 4 aliphatic carbocycles. The van der Waals surface area contributed by atoms with E-state index in [0.717, 1.165) is 34.0 Å². The quantitative estimate of drug-likeness (QED) is 0.342. The van der Waals surface area contributed by atoms with E-state index < -0.39 is 0 Å². The van der Waals surface area contributed by atoms with Crippen molar-refractivity contribution >= 4 is 23.4 Å². The number of rotatable bonds is 6. The van der Waals surface area contributed by atoms with Crippen molar-refractivity contribution in [1.29, 1.82) is 0 Å². The summed E-state index contributed by atoms with van der Waals surface area (Å²) in [5, 5.41) is 0.663. The van der Waals surface area contributed by atoms with E-state index in [9.17, 15) is 0 Å². The fraction of sp³-hybridized carbons (Fsp3) is 0.867. The van der Waals surface area contributed by atoms with Crippen LogP contribution in [0.3, 0.4) is 0 Å². The molecule has 184 valence electrons. The van der Waals surface area contributed by atoms with Crippen LogP contribution in [0.4, 0.5) is 0 Å². The van der Waals surface area contributed by atoms with Crippen molar-refractivity contribution in [2.24, 2.45) is 40.4 Å². The fourth-order valence-corrected chi connectivity index (χ4v) is 9.07. The van der Waals surface area contributed by atoms with Crippen LogP contribution >= 0.6 is 23.4 Å². The third kappa shape index (κ3) is 6.21. The SMILES string of the molecule is C=C(Cl)SC1CCC2(C)C(=CCC3C4CCCC4(C)CCC32)C1.CC(C)CCCC(C)C. The van der Waals surface area contributed by atoms with Crippen molar-refractivity contribution in [3.63, 3.8) is 0 Å². The lowest BCUT2D eigenvalue weighted by molar-refractivity contribution is -0.0244. The van der Waals surface area contributed by atoms with Crippen molar-refractivity contribution in [1.82, 2.24) is 0 Å². The molecule has 0 spiro atoms. The summed E-state index contributed by atoms with van der Waals surface area (Å²) >= 11 is 7.86. The fourth-order valence-electron chi connectivity index (χ4n) is 7.84. The van der Waals surface area contributed by atoms with E-state index in [1.165, 1.54) is 77.0 Å². The Morgan fingerprint density at radius 2 is 1.72 bits per heavy atom. The maximum Gasteiger partial charge on any atom is 0.0665 e. The summed E-state index contributed by atoms with van der Waals surface area (Å²) in [5.41, 5.74) is 2.92. The molecule has 0 bridgehead atoms. The monoisotopic (exact) mass is 478 g/mol. The zero-order valence-electron chi connectivity index (χ0n) is 22.0. The van der Waals surface area contributed by atoms with Gasteiger partial charge in [0.2, 0.25) is 0 Å². The van der Waals surface area contributed by atoms with Crippen LogP contribution in [0.15, 0.2) is 22.6 Å². The van der Waals surface area contributed by atoms with Gasteiger partial charge in [0.25, 0.3) is 0 Å². The molecular weight excluding hydrogens is 428 g/mol. The molecule has 0 aromatic carbocycles. The molecule has 6 unspecified atom stereocenters. The van der Waals surface area contributed by atoms with E-state index in [0.29, 0.717) is 16.1 Å². The Morgan fingerprint density at radius 3 is 2.34 bits per heavy atom. The lowest BCUT2D eigenvalue weighted by atomic mass is 9.48. The molecule has 4 rings (SSSR count). The second-order valence-corrected chi connectivity index (χ2v) is 15.0. The number of thioether (sulfide) groups is 1. The Kier molecular flexibility index (Phi) is 9.38. The van der Waals surface area contributed by atoms with Crippen LogP contribution in [0.1, 0.15) is 119 Å². The molecule has 0 heterocycles. The molecule has 0 N–H and O–H groups in total. The van der Waals surface area contributed by atoms with Gasteiger partial charge in [-0.1, -0.05) is 97.1 Å². The molecule has 2 heteroatoms. The van der Waals surface area contributed by atoms with Crippen molar-refractivity contribution < 1.29 is 0 Å². The van der Waals surface area contributed by atoms with E-state index in [1.54, 1.807) is 17.3 Å². The summed E-state index contributed by atoms with van der Waals surface area (Å²) in [7, 11) is 0. The van der Waals surface area contributed by atoms with Crippen LogP contribution < -0.4 is 0 Å². The zero-order valence-corrected chi connectivity index (χ0v) is 23.6. The second-order valence-electron chi connectivity index (χ2n) is 12.9. The summed E-state index contributed by atoms with van der Waals surface area (Å²) in [5.74, 6) is 4.71. The third-order valence-electron chi connectivity index (χ3n) is 9.70. The minimum Gasteiger partial charge on any atom is -0.111 e. The Bertz CT molecular complexity index is 656. The number of hydrogen-bond acceptors (Lipinski definition) is 1. The summed E-state index contributed by atoms with van der Waals surface area (Å²) in [6.07, 6.45) is 19.6. The number of halogens is 1. The van der Waals surface area contributed by atoms with Gasteiger partial charge in [0.05, 0.1) is 4.36 Å². The minimum absolute atomic E-state index is 0.484. The second kappa shape index (κ2) is 11.2. The maximum atomic E-state index is 6.06. The maximum absolute atomic E-state index is 6.06. The molecule has 32 heavy (non-hydrogen) atoms. The first-order chi connectivity index (χ1) is 15.0. The molecule has 0 radical (unpaired) electrons. The Balaban J connectivity index is 0.000000275. The summed E-state index contributed by atoms with van der Waals surface area (Å²) in [6, 6.07) is 0. The van der Waals surface area contributed by atoms with Gasteiger partial charge in [-0.2, -0.15) is 0 Å². The van der Waals surface area contributed by atoms with E-state index in [-0.39, 0.29) is 0 Å². The smallest absolute Gasteiger partial charge is 0.0665 e. The van der Waals surface area contributed by atoms with E-state index >= 15 is 0 Å². The lowest BCUT2D eigenvalue weighted by Crippen LogP contribution is -2.49. The predicted molar refractivity (Wildman–Crippen MR) is 146 cm³/mol. The van der Waals surface area contributed by atoms with Crippen molar-refractivity contribution in [3.8, 4) is 0 Å². The first kappa shape index (κ1) is 26.7. The van der Waals surface area contributed by atoms with Crippen LogP contribution in [0.5, 0.6) is 0 Å². The van der Waals surface area contributed by atoms with Gasteiger partial charge in [-0.05, 0) is 91.8 Å². The Hall–Kier alpha value is 0.120. The van der Waals surface area contributed by atoms with E-state index in [4.69, 9.17) is 11.6 Å². The van der Waals surface area contributed by atoms with E-state index in [2.05, 4.69) is 54.2 Å². The molecule has 0 aromatic rings. The van der Waals surface area contributed by atoms with Crippen LogP contribution in [0, 0.1) is 40.4 Å². The van der Waals surface area contributed by atoms with Gasteiger partial charge in [0, 0.05) is 5.25 Å². The molecule has 3 saturated carbocycles. The average Bonchev–Trinajstić information content (AvgIpc) is 3.09. The van der Waals surface area contributed by atoms with Gasteiger partial charge >= 0.3 is 0 Å². The zero-order chi connectivity index (χ0) is 23.5.